The molecule has 1 aromatic heterocycles. The first-order chi connectivity index (χ1) is 9.25. The van der Waals surface area contributed by atoms with E-state index in [1.807, 2.05) is 30.3 Å². The average molecular weight is 255 g/mol. The van der Waals surface area contributed by atoms with E-state index < -0.39 is 0 Å². The van der Waals surface area contributed by atoms with Gasteiger partial charge < -0.3 is 10.6 Å². The van der Waals surface area contributed by atoms with Gasteiger partial charge in [-0.1, -0.05) is 18.2 Å². The monoisotopic (exact) mass is 255 g/mol. The van der Waals surface area contributed by atoms with E-state index in [4.69, 9.17) is 0 Å². The third kappa shape index (κ3) is 2.31. The molecule has 1 aromatic carbocycles. The number of rotatable bonds is 2. The molecule has 1 aliphatic heterocycles. The number of pyridine rings is 1. The van der Waals surface area contributed by atoms with Crippen molar-refractivity contribution in [1.82, 2.24) is 10.3 Å². The number of hydrogen-bond acceptors (Lipinski definition) is 3. The normalized spacial score (nSPS) is 22.6. The molecule has 0 bridgehead atoms. The van der Waals surface area contributed by atoms with Gasteiger partial charge in [0.2, 0.25) is 5.91 Å². The summed E-state index contributed by atoms with van der Waals surface area (Å²) in [5.41, 5.74) is 1.64. The molecule has 4 heteroatoms. The quantitative estimate of drug-likeness (QED) is 0.864. The molecule has 2 unspecified atom stereocenters. The number of carbonyl (C=O) groups is 1. The standard InChI is InChI=1S/C15H17N3O/c1-10-12(7-9-16-10)15(19)18-13-6-2-4-11-5-3-8-17-14(11)13/h2-6,8,10,12,16H,7,9H2,1H3,(H,18,19). The lowest BCUT2D eigenvalue weighted by Gasteiger charge is -2.15. The summed E-state index contributed by atoms with van der Waals surface area (Å²) < 4.78 is 0. The van der Waals surface area contributed by atoms with Gasteiger partial charge >= 0.3 is 0 Å². The molecule has 2 N–H and O–H groups in total. The van der Waals surface area contributed by atoms with Crippen LogP contribution in [0, 0.1) is 5.92 Å². The van der Waals surface area contributed by atoms with Crippen LogP contribution in [0.25, 0.3) is 10.9 Å². The number of nitrogens with one attached hydrogen (secondary N) is 2. The van der Waals surface area contributed by atoms with E-state index >= 15 is 0 Å². The second kappa shape index (κ2) is 4.97. The molecule has 1 saturated heterocycles. The van der Waals surface area contributed by atoms with Gasteiger partial charge in [-0.15, -0.1) is 0 Å². The fourth-order valence-corrected chi connectivity index (χ4v) is 2.65. The Balaban J connectivity index is 1.87. The largest absolute Gasteiger partial charge is 0.324 e. The van der Waals surface area contributed by atoms with Crippen molar-refractivity contribution in [3.8, 4) is 0 Å². The van der Waals surface area contributed by atoms with Crippen molar-refractivity contribution in [2.75, 3.05) is 11.9 Å². The highest BCUT2D eigenvalue weighted by Crippen LogP contribution is 2.23. The number of fused-ring (bicyclic) bond motifs is 1. The van der Waals surface area contributed by atoms with Crippen LogP contribution in [-0.2, 0) is 4.79 Å². The lowest BCUT2D eigenvalue weighted by atomic mass is 10.0. The highest BCUT2D eigenvalue weighted by molar-refractivity contribution is 6.01. The molecule has 0 radical (unpaired) electrons. The van der Waals surface area contributed by atoms with Crippen LogP contribution in [0.3, 0.4) is 0 Å². The zero-order chi connectivity index (χ0) is 13.2. The van der Waals surface area contributed by atoms with Crippen LogP contribution in [0.4, 0.5) is 5.69 Å². The van der Waals surface area contributed by atoms with Crippen molar-refractivity contribution in [3.63, 3.8) is 0 Å². The third-order valence-corrected chi connectivity index (χ3v) is 3.75. The summed E-state index contributed by atoms with van der Waals surface area (Å²) in [7, 11) is 0. The summed E-state index contributed by atoms with van der Waals surface area (Å²) in [4.78, 5) is 16.6. The fraction of sp³-hybridized carbons (Fsp3) is 0.333. The van der Waals surface area contributed by atoms with Crippen LogP contribution in [0.15, 0.2) is 36.5 Å². The third-order valence-electron chi connectivity index (χ3n) is 3.75. The highest BCUT2D eigenvalue weighted by Gasteiger charge is 2.29. The molecule has 98 valence electrons. The van der Waals surface area contributed by atoms with Crippen molar-refractivity contribution in [2.24, 2.45) is 5.92 Å². The van der Waals surface area contributed by atoms with Crippen LogP contribution in [-0.4, -0.2) is 23.5 Å². The van der Waals surface area contributed by atoms with Crippen LogP contribution in [0.2, 0.25) is 0 Å². The van der Waals surface area contributed by atoms with Gasteiger partial charge in [-0.3, -0.25) is 9.78 Å². The van der Waals surface area contributed by atoms with Gasteiger partial charge in [-0.2, -0.15) is 0 Å². The Bertz CT molecular complexity index is 606. The number of carbonyl (C=O) groups excluding carboxylic acids is 1. The first-order valence-corrected chi connectivity index (χ1v) is 6.64. The number of aromatic nitrogens is 1. The summed E-state index contributed by atoms with van der Waals surface area (Å²) in [6, 6.07) is 9.98. The molecule has 2 atom stereocenters. The van der Waals surface area contributed by atoms with E-state index in [0.717, 1.165) is 29.6 Å². The van der Waals surface area contributed by atoms with Crippen molar-refractivity contribution in [3.05, 3.63) is 36.5 Å². The molecule has 0 spiro atoms. The maximum atomic E-state index is 12.3. The second-order valence-electron chi connectivity index (χ2n) is 5.01. The molecule has 1 aliphatic rings. The summed E-state index contributed by atoms with van der Waals surface area (Å²) >= 11 is 0. The molecule has 2 heterocycles. The first-order valence-electron chi connectivity index (χ1n) is 6.64. The Morgan fingerprint density at radius 2 is 2.21 bits per heavy atom. The van der Waals surface area contributed by atoms with E-state index in [1.54, 1.807) is 6.20 Å². The molecular weight excluding hydrogens is 238 g/mol. The Hall–Kier alpha value is -1.94. The number of hydrogen-bond donors (Lipinski definition) is 2. The Kier molecular flexibility index (Phi) is 3.17. The van der Waals surface area contributed by atoms with Gasteiger partial charge in [0.15, 0.2) is 0 Å². The van der Waals surface area contributed by atoms with Gasteiger partial charge in [0.1, 0.15) is 0 Å². The molecule has 4 nitrogen and oxygen atoms in total. The molecule has 1 amide bonds. The lowest BCUT2D eigenvalue weighted by Crippen LogP contribution is -2.32. The van der Waals surface area contributed by atoms with E-state index in [9.17, 15) is 4.79 Å². The number of amides is 1. The molecule has 1 fully saturated rings. The predicted molar refractivity (Wildman–Crippen MR) is 75.9 cm³/mol. The second-order valence-corrected chi connectivity index (χ2v) is 5.01. The van der Waals surface area contributed by atoms with Gasteiger partial charge in [0.05, 0.1) is 17.1 Å². The summed E-state index contributed by atoms with van der Waals surface area (Å²) in [6.07, 6.45) is 2.64. The number of anilines is 1. The van der Waals surface area contributed by atoms with Gasteiger partial charge in [-0.05, 0) is 32.0 Å². The van der Waals surface area contributed by atoms with Crippen molar-refractivity contribution in [2.45, 2.75) is 19.4 Å². The zero-order valence-corrected chi connectivity index (χ0v) is 10.9. The molecule has 3 rings (SSSR count). The summed E-state index contributed by atoms with van der Waals surface area (Å²) in [5.74, 6) is 0.120. The Morgan fingerprint density at radius 3 is 3.00 bits per heavy atom. The van der Waals surface area contributed by atoms with Gasteiger partial charge in [0.25, 0.3) is 0 Å². The highest BCUT2D eigenvalue weighted by atomic mass is 16.1. The minimum Gasteiger partial charge on any atom is -0.324 e. The zero-order valence-electron chi connectivity index (χ0n) is 10.9. The first kappa shape index (κ1) is 12.1. The topological polar surface area (TPSA) is 54.0 Å². The van der Waals surface area contributed by atoms with E-state index in [-0.39, 0.29) is 17.9 Å². The number of benzene rings is 1. The summed E-state index contributed by atoms with van der Waals surface area (Å²) in [5, 5.41) is 7.35. The molecular formula is C15H17N3O. The van der Waals surface area contributed by atoms with Crippen LogP contribution < -0.4 is 10.6 Å². The smallest absolute Gasteiger partial charge is 0.229 e. The number of nitrogens with zero attached hydrogens (tertiary/aromatic N) is 1. The van der Waals surface area contributed by atoms with Crippen LogP contribution in [0.1, 0.15) is 13.3 Å². The Labute approximate surface area is 112 Å². The lowest BCUT2D eigenvalue weighted by molar-refractivity contribution is -0.119. The van der Waals surface area contributed by atoms with E-state index in [2.05, 4.69) is 22.5 Å². The molecule has 2 aromatic rings. The number of para-hydroxylation sites is 1. The van der Waals surface area contributed by atoms with Crippen molar-refractivity contribution in [1.29, 1.82) is 0 Å². The van der Waals surface area contributed by atoms with Crippen LogP contribution in [0.5, 0.6) is 0 Å². The van der Waals surface area contributed by atoms with Gasteiger partial charge in [-0.25, -0.2) is 0 Å². The van der Waals surface area contributed by atoms with E-state index in [0.29, 0.717) is 0 Å². The SMILES string of the molecule is CC1NCCC1C(=O)Nc1cccc2cccnc12. The van der Waals surface area contributed by atoms with Crippen LogP contribution >= 0.6 is 0 Å². The van der Waals surface area contributed by atoms with Gasteiger partial charge in [0, 0.05) is 17.6 Å². The van der Waals surface area contributed by atoms with Crippen molar-refractivity contribution < 1.29 is 4.79 Å². The Morgan fingerprint density at radius 1 is 1.37 bits per heavy atom. The predicted octanol–water partition coefficient (Wildman–Crippen LogP) is 2.17. The minimum absolute atomic E-state index is 0.0407. The maximum Gasteiger partial charge on any atom is 0.229 e. The molecule has 19 heavy (non-hydrogen) atoms. The average Bonchev–Trinajstić information content (AvgIpc) is 2.85. The minimum atomic E-state index is 0.0407. The maximum absolute atomic E-state index is 12.3. The fourth-order valence-electron chi connectivity index (χ4n) is 2.65. The molecule has 0 aliphatic carbocycles. The molecule has 0 saturated carbocycles. The van der Waals surface area contributed by atoms with Crippen molar-refractivity contribution >= 4 is 22.5 Å². The van der Waals surface area contributed by atoms with E-state index in [1.165, 1.54) is 0 Å². The summed E-state index contributed by atoms with van der Waals surface area (Å²) in [6.45, 7) is 2.96.